The van der Waals surface area contributed by atoms with Gasteiger partial charge in [0.05, 0.1) is 18.3 Å². The van der Waals surface area contributed by atoms with Crippen LogP contribution in [0.2, 0.25) is 5.02 Å². The minimum Gasteiger partial charge on any atom is -0.452 e. The number of esters is 1. The van der Waals surface area contributed by atoms with Crippen LogP contribution in [0.3, 0.4) is 0 Å². The molecule has 2 heterocycles. The van der Waals surface area contributed by atoms with E-state index in [0.29, 0.717) is 22.9 Å². The zero-order chi connectivity index (χ0) is 21.1. The maximum absolute atomic E-state index is 12.5. The number of hydrogen-bond donors (Lipinski definition) is 1. The van der Waals surface area contributed by atoms with Gasteiger partial charge in [-0.3, -0.25) is 4.79 Å². The Morgan fingerprint density at radius 1 is 1.10 bits per heavy atom. The van der Waals surface area contributed by atoms with Crippen LogP contribution in [0.4, 0.5) is 5.82 Å². The second-order valence-corrected chi connectivity index (χ2v) is 7.17. The third-order valence-corrected chi connectivity index (χ3v) is 5.08. The normalized spacial score (nSPS) is 10.9. The van der Waals surface area contributed by atoms with E-state index in [9.17, 15) is 9.59 Å². The number of anilines is 1. The van der Waals surface area contributed by atoms with Crippen LogP contribution in [0.1, 0.15) is 15.9 Å². The Hall–Kier alpha value is -3.58. The van der Waals surface area contributed by atoms with Crippen LogP contribution < -0.4 is 5.32 Å². The molecule has 8 heteroatoms. The van der Waals surface area contributed by atoms with E-state index in [2.05, 4.69) is 10.4 Å². The predicted octanol–water partition coefficient (Wildman–Crippen LogP) is 3.87. The lowest BCUT2D eigenvalue weighted by atomic mass is 10.2. The molecule has 4 aromatic rings. The zero-order valence-electron chi connectivity index (χ0n) is 16.2. The molecule has 7 nitrogen and oxygen atoms in total. The van der Waals surface area contributed by atoms with Gasteiger partial charge in [-0.05, 0) is 17.7 Å². The molecule has 152 valence electrons. The van der Waals surface area contributed by atoms with Crippen LogP contribution in [-0.2, 0) is 23.1 Å². The fraction of sp³-hybridized carbons (Fsp3) is 0.136. The van der Waals surface area contributed by atoms with Crippen LogP contribution >= 0.6 is 11.6 Å². The first-order valence-electron chi connectivity index (χ1n) is 9.29. The predicted molar refractivity (Wildman–Crippen MR) is 115 cm³/mol. The van der Waals surface area contributed by atoms with Crippen molar-refractivity contribution in [3.63, 3.8) is 0 Å². The van der Waals surface area contributed by atoms with Crippen molar-refractivity contribution in [1.29, 1.82) is 0 Å². The Morgan fingerprint density at radius 2 is 1.87 bits per heavy atom. The molecule has 4 rings (SSSR count). The fourth-order valence-electron chi connectivity index (χ4n) is 3.24. The van der Waals surface area contributed by atoms with E-state index in [1.54, 1.807) is 29.2 Å². The number of nitrogens with one attached hydrogen (secondary N) is 1. The average molecular weight is 423 g/mol. The molecule has 0 saturated heterocycles. The molecule has 0 unspecified atom stereocenters. The van der Waals surface area contributed by atoms with Gasteiger partial charge >= 0.3 is 5.97 Å². The van der Waals surface area contributed by atoms with E-state index in [0.717, 1.165) is 16.5 Å². The quantitative estimate of drug-likeness (QED) is 0.478. The van der Waals surface area contributed by atoms with Gasteiger partial charge in [0.2, 0.25) is 0 Å². The van der Waals surface area contributed by atoms with Gasteiger partial charge in [0.1, 0.15) is 5.82 Å². The summed E-state index contributed by atoms with van der Waals surface area (Å²) in [5, 5.41) is 8.33. The van der Waals surface area contributed by atoms with Crippen molar-refractivity contribution in [3.8, 4) is 0 Å². The summed E-state index contributed by atoms with van der Waals surface area (Å²) in [6.07, 6.45) is 3.28. The van der Waals surface area contributed by atoms with E-state index in [1.165, 1.54) is 0 Å². The van der Waals surface area contributed by atoms with Crippen molar-refractivity contribution in [2.45, 2.75) is 6.54 Å². The highest BCUT2D eigenvalue weighted by Crippen LogP contribution is 2.21. The topological polar surface area (TPSA) is 78.2 Å². The number of nitrogens with zero attached hydrogens (tertiary/aromatic N) is 3. The smallest absolute Gasteiger partial charge is 0.340 e. The van der Waals surface area contributed by atoms with Crippen LogP contribution in [0.15, 0.2) is 67.0 Å². The number of rotatable bonds is 6. The van der Waals surface area contributed by atoms with Crippen molar-refractivity contribution in [2.75, 3.05) is 11.9 Å². The Bertz CT molecular complexity index is 1230. The van der Waals surface area contributed by atoms with Gasteiger partial charge in [-0.15, -0.1) is 0 Å². The van der Waals surface area contributed by atoms with Crippen molar-refractivity contribution < 1.29 is 14.3 Å². The summed E-state index contributed by atoms with van der Waals surface area (Å²) in [5.41, 5.74) is 2.21. The first kappa shape index (κ1) is 19.7. The molecule has 0 saturated carbocycles. The molecule has 1 N–H and O–H groups in total. The van der Waals surface area contributed by atoms with E-state index < -0.39 is 18.5 Å². The Morgan fingerprint density at radius 3 is 2.70 bits per heavy atom. The van der Waals surface area contributed by atoms with E-state index in [-0.39, 0.29) is 0 Å². The van der Waals surface area contributed by atoms with Crippen LogP contribution in [0, 0.1) is 0 Å². The van der Waals surface area contributed by atoms with Gasteiger partial charge in [-0.25, -0.2) is 9.48 Å². The Kier molecular flexibility index (Phi) is 5.54. The second-order valence-electron chi connectivity index (χ2n) is 6.76. The molecule has 0 bridgehead atoms. The monoisotopic (exact) mass is 422 g/mol. The van der Waals surface area contributed by atoms with Crippen molar-refractivity contribution in [3.05, 3.63) is 83.1 Å². The highest BCUT2D eigenvalue weighted by Gasteiger charge is 2.17. The average Bonchev–Trinajstić information content (AvgIpc) is 3.32. The van der Waals surface area contributed by atoms with Crippen molar-refractivity contribution in [1.82, 2.24) is 14.3 Å². The van der Waals surface area contributed by atoms with Gasteiger partial charge in [0.15, 0.2) is 6.61 Å². The molecular weight excluding hydrogens is 404 g/mol. The lowest BCUT2D eigenvalue weighted by Crippen LogP contribution is -2.22. The molecule has 0 radical (unpaired) electrons. The number of fused-ring (bicyclic) bond motifs is 1. The maximum Gasteiger partial charge on any atom is 0.340 e. The van der Waals surface area contributed by atoms with Crippen LogP contribution in [-0.4, -0.2) is 32.8 Å². The number of carbonyl (C=O) groups excluding carboxylic acids is 2. The number of hydrogen-bond acceptors (Lipinski definition) is 4. The van der Waals surface area contributed by atoms with E-state index in [4.69, 9.17) is 16.3 Å². The third-order valence-electron chi connectivity index (χ3n) is 4.71. The van der Waals surface area contributed by atoms with Gasteiger partial charge in [-0.2, -0.15) is 5.10 Å². The molecule has 2 aromatic carbocycles. The molecule has 0 spiro atoms. The van der Waals surface area contributed by atoms with Crippen LogP contribution in [0.5, 0.6) is 0 Å². The number of para-hydroxylation sites is 1. The van der Waals surface area contributed by atoms with E-state index >= 15 is 0 Å². The molecule has 0 fully saturated rings. The number of carbonyl (C=O) groups is 2. The summed E-state index contributed by atoms with van der Waals surface area (Å²) in [6.45, 7) is -0.00257. The fourth-order valence-corrected chi connectivity index (χ4v) is 3.44. The van der Waals surface area contributed by atoms with Gasteiger partial charge in [0.25, 0.3) is 5.91 Å². The highest BCUT2D eigenvalue weighted by atomic mass is 35.5. The summed E-state index contributed by atoms with van der Waals surface area (Å²) < 4.78 is 8.69. The third kappa shape index (κ3) is 4.06. The Labute approximate surface area is 177 Å². The number of benzene rings is 2. The summed E-state index contributed by atoms with van der Waals surface area (Å²) in [5.74, 6) is -0.517. The molecular formula is C22H19ClN4O3. The zero-order valence-corrected chi connectivity index (χ0v) is 17.0. The summed E-state index contributed by atoms with van der Waals surface area (Å²) in [6, 6.07) is 16.6. The number of halogens is 1. The van der Waals surface area contributed by atoms with Gasteiger partial charge in [0, 0.05) is 35.2 Å². The molecule has 1 amide bonds. The van der Waals surface area contributed by atoms with Gasteiger partial charge in [-0.1, -0.05) is 48.0 Å². The van der Waals surface area contributed by atoms with Crippen LogP contribution in [0.25, 0.3) is 10.9 Å². The van der Waals surface area contributed by atoms with E-state index in [1.807, 2.05) is 54.1 Å². The summed E-state index contributed by atoms with van der Waals surface area (Å²) >= 11 is 6.20. The Balaban J connectivity index is 1.39. The molecule has 0 aliphatic rings. The standard InChI is InChI=1S/C22H19ClN4O3/c1-26-13-17(16-7-3-5-9-19(16)26)22(29)30-14-21(28)25-20-10-11-24-27(20)12-15-6-2-4-8-18(15)23/h2-11,13H,12,14H2,1H3,(H,25,28). The molecule has 0 aliphatic carbocycles. The minimum atomic E-state index is -0.550. The molecule has 0 aliphatic heterocycles. The SMILES string of the molecule is Cn1cc(C(=O)OCC(=O)Nc2ccnn2Cc2ccccc2Cl)c2ccccc21. The number of aryl methyl sites for hydroxylation is 1. The lowest BCUT2D eigenvalue weighted by Gasteiger charge is -2.10. The lowest BCUT2D eigenvalue weighted by molar-refractivity contribution is -0.119. The number of amides is 1. The molecule has 2 aromatic heterocycles. The van der Waals surface area contributed by atoms with Crippen molar-refractivity contribution in [2.24, 2.45) is 7.05 Å². The number of aromatic nitrogens is 3. The van der Waals surface area contributed by atoms with Gasteiger partial charge < -0.3 is 14.6 Å². The summed E-state index contributed by atoms with van der Waals surface area (Å²) in [4.78, 5) is 24.8. The highest BCUT2D eigenvalue weighted by molar-refractivity contribution is 6.31. The first-order valence-corrected chi connectivity index (χ1v) is 9.67. The molecule has 30 heavy (non-hydrogen) atoms. The maximum atomic E-state index is 12.5. The largest absolute Gasteiger partial charge is 0.452 e. The second kappa shape index (κ2) is 8.42. The summed E-state index contributed by atoms with van der Waals surface area (Å²) in [7, 11) is 1.85. The van der Waals surface area contributed by atoms with Crippen molar-refractivity contribution >= 4 is 40.2 Å². The molecule has 0 atom stereocenters. The number of ether oxygens (including phenoxy) is 1. The minimum absolute atomic E-state index is 0.401. The first-order chi connectivity index (χ1) is 14.5.